The minimum Gasteiger partial charge on any atom is -0.399 e. The summed E-state index contributed by atoms with van der Waals surface area (Å²) in [6.45, 7) is 3.41. The first kappa shape index (κ1) is 14.1. The van der Waals surface area contributed by atoms with Crippen molar-refractivity contribution in [1.29, 1.82) is 0 Å². The lowest BCUT2D eigenvalue weighted by Gasteiger charge is -2.16. The highest BCUT2D eigenvalue weighted by atomic mass is 16.3. The van der Waals surface area contributed by atoms with Crippen LogP contribution in [0.3, 0.4) is 0 Å². The number of nitrogen functional groups attached to an aromatic ring is 1. The summed E-state index contributed by atoms with van der Waals surface area (Å²) in [6.07, 6.45) is 1.69. The van der Waals surface area contributed by atoms with E-state index in [9.17, 15) is 9.90 Å². The maximum atomic E-state index is 11.9. The van der Waals surface area contributed by atoms with Crippen LogP contribution in [0.4, 0.5) is 5.69 Å². The van der Waals surface area contributed by atoms with E-state index in [2.05, 4.69) is 10.4 Å². The zero-order valence-electron chi connectivity index (χ0n) is 11.5. The number of carbonyl (C=O) groups is 1. The van der Waals surface area contributed by atoms with Crippen molar-refractivity contribution < 1.29 is 9.90 Å². The number of anilines is 1. The number of nitrogens with one attached hydrogen (secondary N) is 1. The van der Waals surface area contributed by atoms with E-state index in [1.165, 1.54) is 0 Å². The summed E-state index contributed by atoms with van der Waals surface area (Å²) in [6, 6.07) is 8.83. The average Bonchev–Trinajstić information content (AvgIpc) is 2.84. The summed E-state index contributed by atoms with van der Waals surface area (Å²) in [5, 5.41) is 16.4. The SMILES string of the molecule is CC(C)(O)CNC(=O)c1ccn(-c2cccc(N)c2)n1. The van der Waals surface area contributed by atoms with Crippen LogP contribution in [0.25, 0.3) is 5.69 Å². The van der Waals surface area contributed by atoms with Crippen LogP contribution < -0.4 is 11.1 Å². The van der Waals surface area contributed by atoms with Gasteiger partial charge in [-0.2, -0.15) is 5.10 Å². The molecule has 0 saturated carbocycles. The summed E-state index contributed by atoms with van der Waals surface area (Å²) in [4.78, 5) is 11.9. The molecule has 1 heterocycles. The third-order valence-electron chi connectivity index (χ3n) is 2.64. The van der Waals surface area contributed by atoms with Crippen molar-refractivity contribution in [3.8, 4) is 5.69 Å². The third-order valence-corrected chi connectivity index (χ3v) is 2.64. The monoisotopic (exact) mass is 274 g/mol. The van der Waals surface area contributed by atoms with Crippen molar-refractivity contribution in [3.05, 3.63) is 42.2 Å². The molecule has 2 aromatic rings. The molecule has 0 bridgehead atoms. The van der Waals surface area contributed by atoms with E-state index in [1.807, 2.05) is 12.1 Å². The zero-order valence-corrected chi connectivity index (χ0v) is 11.5. The van der Waals surface area contributed by atoms with Crippen LogP contribution >= 0.6 is 0 Å². The molecule has 4 N–H and O–H groups in total. The van der Waals surface area contributed by atoms with Gasteiger partial charge in [-0.05, 0) is 38.1 Å². The maximum Gasteiger partial charge on any atom is 0.271 e. The molecule has 0 aliphatic rings. The molecule has 0 atom stereocenters. The second-order valence-electron chi connectivity index (χ2n) is 5.24. The topological polar surface area (TPSA) is 93.2 Å². The van der Waals surface area contributed by atoms with Gasteiger partial charge in [0.25, 0.3) is 5.91 Å². The van der Waals surface area contributed by atoms with E-state index in [1.54, 1.807) is 42.9 Å². The van der Waals surface area contributed by atoms with Gasteiger partial charge in [0.1, 0.15) is 0 Å². The largest absolute Gasteiger partial charge is 0.399 e. The highest BCUT2D eigenvalue weighted by molar-refractivity contribution is 5.92. The zero-order chi connectivity index (χ0) is 14.8. The van der Waals surface area contributed by atoms with Crippen LogP contribution in [0.15, 0.2) is 36.5 Å². The van der Waals surface area contributed by atoms with Crippen molar-refractivity contribution in [3.63, 3.8) is 0 Å². The Morgan fingerprint density at radius 3 is 2.85 bits per heavy atom. The van der Waals surface area contributed by atoms with Crippen molar-refractivity contribution in [2.75, 3.05) is 12.3 Å². The molecule has 2 rings (SSSR count). The Hall–Kier alpha value is -2.34. The standard InChI is InChI=1S/C14H18N4O2/c1-14(2,20)9-16-13(19)12-6-7-18(17-12)11-5-3-4-10(15)8-11/h3-8,20H,9,15H2,1-2H3,(H,16,19). The van der Waals surface area contributed by atoms with E-state index in [-0.39, 0.29) is 18.1 Å². The molecule has 0 aliphatic carbocycles. The molecule has 1 amide bonds. The van der Waals surface area contributed by atoms with Crippen LogP contribution in [-0.4, -0.2) is 32.9 Å². The number of amides is 1. The highest BCUT2D eigenvalue weighted by Gasteiger charge is 2.16. The summed E-state index contributed by atoms with van der Waals surface area (Å²) < 4.78 is 1.58. The van der Waals surface area contributed by atoms with Crippen LogP contribution in [0, 0.1) is 0 Å². The second-order valence-corrected chi connectivity index (χ2v) is 5.24. The first-order chi connectivity index (χ1) is 9.35. The number of nitrogens with two attached hydrogens (primary N) is 1. The van der Waals surface area contributed by atoms with Crippen LogP contribution in [0.2, 0.25) is 0 Å². The molecule has 0 radical (unpaired) electrons. The molecule has 1 aromatic heterocycles. The third kappa shape index (κ3) is 3.58. The second kappa shape index (κ2) is 5.34. The van der Waals surface area contributed by atoms with Gasteiger partial charge >= 0.3 is 0 Å². The first-order valence-electron chi connectivity index (χ1n) is 6.27. The minimum absolute atomic E-state index is 0.164. The lowest BCUT2D eigenvalue weighted by molar-refractivity contribution is 0.0691. The molecule has 0 unspecified atom stereocenters. The highest BCUT2D eigenvalue weighted by Crippen LogP contribution is 2.11. The summed E-state index contributed by atoms with van der Waals surface area (Å²) in [7, 11) is 0. The summed E-state index contributed by atoms with van der Waals surface area (Å²) >= 11 is 0. The van der Waals surface area contributed by atoms with Gasteiger partial charge in [-0.1, -0.05) is 6.07 Å². The molecular formula is C14H18N4O2. The van der Waals surface area contributed by atoms with E-state index in [4.69, 9.17) is 5.73 Å². The van der Waals surface area contributed by atoms with Gasteiger partial charge in [0.05, 0.1) is 11.3 Å². The van der Waals surface area contributed by atoms with Gasteiger partial charge in [0, 0.05) is 18.4 Å². The fraction of sp³-hybridized carbons (Fsp3) is 0.286. The summed E-state index contributed by atoms with van der Waals surface area (Å²) in [5.74, 6) is -0.324. The fourth-order valence-corrected chi connectivity index (χ4v) is 1.64. The van der Waals surface area contributed by atoms with E-state index in [0.717, 1.165) is 5.69 Å². The van der Waals surface area contributed by atoms with Gasteiger partial charge in [-0.15, -0.1) is 0 Å². The maximum absolute atomic E-state index is 11.9. The number of nitrogens with zero attached hydrogens (tertiary/aromatic N) is 2. The Labute approximate surface area is 117 Å². The Balaban J connectivity index is 2.11. The number of hydrogen-bond donors (Lipinski definition) is 3. The van der Waals surface area contributed by atoms with Crippen LogP contribution in [0.5, 0.6) is 0 Å². The van der Waals surface area contributed by atoms with Crippen molar-refractivity contribution >= 4 is 11.6 Å². The quantitative estimate of drug-likeness (QED) is 0.724. The molecular weight excluding hydrogens is 256 g/mol. The predicted molar refractivity (Wildman–Crippen MR) is 76.6 cm³/mol. The summed E-state index contributed by atoms with van der Waals surface area (Å²) in [5.41, 5.74) is 6.46. The number of aliphatic hydroxyl groups is 1. The number of rotatable bonds is 4. The van der Waals surface area contributed by atoms with Crippen molar-refractivity contribution in [1.82, 2.24) is 15.1 Å². The smallest absolute Gasteiger partial charge is 0.271 e. The Morgan fingerprint density at radius 2 is 2.20 bits per heavy atom. The number of aromatic nitrogens is 2. The Kier molecular flexibility index (Phi) is 3.76. The Morgan fingerprint density at radius 1 is 1.45 bits per heavy atom. The molecule has 0 saturated heterocycles. The molecule has 6 heteroatoms. The minimum atomic E-state index is -0.952. The molecule has 20 heavy (non-hydrogen) atoms. The van der Waals surface area contributed by atoms with Gasteiger partial charge in [-0.3, -0.25) is 4.79 Å². The van der Waals surface area contributed by atoms with E-state index < -0.39 is 5.60 Å². The number of carbonyl (C=O) groups excluding carboxylic acids is 1. The molecule has 1 aromatic carbocycles. The lowest BCUT2D eigenvalue weighted by Crippen LogP contribution is -2.38. The van der Waals surface area contributed by atoms with Crippen LogP contribution in [0.1, 0.15) is 24.3 Å². The average molecular weight is 274 g/mol. The Bertz CT molecular complexity index is 614. The van der Waals surface area contributed by atoms with Gasteiger partial charge in [0.15, 0.2) is 5.69 Å². The van der Waals surface area contributed by atoms with Crippen molar-refractivity contribution in [2.24, 2.45) is 0 Å². The molecule has 0 spiro atoms. The number of hydrogen-bond acceptors (Lipinski definition) is 4. The van der Waals surface area contributed by atoms with Crippen LogP contribution in [-0.2, 0) is 0 Å². The molecule has 106 valence electrons. The normalized spacial score (nSPS) is 11.3. The van der Waals surface area contributed by atoms with E-state index in [0.29, 0.717) is 5.69 Å². The van der Waals surface area contributed by atoms with E-state index >= 15 is 0 Å². The van der Waals surface area contributed by atoms with Crippen molar-refractivity contribution in [2.45, 2.75) is 19.4 Å². The van der Waals surface area contributed by atoms with Gasteiger partial charge < -0.3 is 16.2 Å². The lowest BCUT2D eigenvalue weighted by atomic mass is 10.1. The fourth-order valence-electron chi connectivity index (χ4n) is 1.64. The number of benzene rings is 1. The molecule has 0 fully saturated rings. The molecule has 0 aliphatic heterocycles. The van der Waals surface area contributed by atoms with Gasteiger partial charge in [0.2, 0.25) is 0 Å². The predicted octanol–water partition coefficient (Wildman–Crippen LogP) is 0.955. The van der Waals surface area contributed by atoms with Gasteiger partial charge in [-0.25, -0.2) is 4.68 Å². The molecule has 6 nitrogen and oxygen atoms in total. The first-order valence-corrected chi connectivity index (χ1v) is 6.27.